The number of benzene rings is 1. The zero-order valence-corrected chi connectivity index (χ0v) is 8.70. The topological polar surface area (TPSA) is 43.1 Å². The van der Waals surface area contributed by atoms with E-state index in [1.165, 1.54) is 0 Å². The molecule has 13 heavy (non-hydrogen) atoms. The van der Waals surface area contributed by atoms with Crippen molar-refractivity contribution in [3.8, 4) is 0 Å². The quantitative estimate of drug-likeness (QED) is 0.791. The molecule has 1 atom stereocenters. The van der Waals surface area contributed by atoms with Crippen LogP contribution in [-0.4, -0.2) is 5.91 Å². The Balaban J connectivity index is 3.07. The van der Waals surface area contributed by atoms with E-state index < -0.39 is 11.3 Å². The minimum absolute atomic E-state index is 0.425. The lowest BCUT2D eigenvalue weighted by atomic mass is 10.1. The molecular weight excluding hydrogens is 232 g/mol. The summed E-state index contributed by atoms with van der Waals surface area (Å²) in [5.74, 6) is -0.625. The number of carbonyl (C=O) groups excluding carboxylic acids is 1. The Kier molecular flexibility index (Phi) is 3.42. The average Bonchev–Trinajstić information content (AvgIpc) is 2.01. The second kappa shape index (κ2) is 4.18. The molecule has 0 aliphatic heterocycles. The molecule has 0 spiro atoms. The van der Waals surface area contributed by atoms with E-state index in [0.29, 0.717) is 15.6 Å². The first-order chi connectivity index (χ1) is 6.00. The smallest absolute Gasteiger partial charge is 0.240 e. The first-order valence-corrected chi connectivity index (χ1v) is 4.59. The molecule has 70 valence electrons. The van der Waals surface area contributed by atoms with E-state index in [1.807, 2.05) is 0 Å². The lowest BCUT2D eigenvalue weighted by molar-refractivity contribution is -0.117. The van der Waals surface area contributed by atoms with Gasteiger partial charge in [-0.05, 0) is 23.8 Å². The van der Waals surface area contributed by atoms with E-state index in [1.54, 1.807) is 18.2 Å². The summed E-state index contributed by atoms with van der Waals surface area (Å²) in [6.45, 7) is 0. The molecule has 1 amide bonds. The zero-order chi connectivity index (χ0) is 10.0. The first-order valence-electron chi connectivity index (χ1n) is 3.40. The third-order valence-corrected chi connectivity index (χ3v) is 2.33. The van der Waals surface area contributed by atoms with Gasteiger partial charge in [-0.2, -0.15) is 0 Å². The van der Waals surface area contributed by atoms with Crippen LogP contribution in [0, 0.1) is 0 Å². The molecular formula is C8H6Cl3NO. The Morgan fingerprint density at radius 1 is 1.23 bits per heavy atom. The van der Waals surface area contributed by atoms with Gasteiger partial charge in [-0.15, -0.1) is 11.6 Å². The van der Waals surface area contributed by atoms with Crippen LogP contribution in [-0.2, 0) is 4.79 Å². The summed E-state index contributed by atoms with van der Waals surface area (Å²) >= 11 is 17.1. The maximum Gasteiger partial charge on any atom is 0.240 e. The number of halogens is 3. The molecule has 2 N–H and O–H groups in total. The van der Waals surface area contributed by atoms with Crippen molar-refractivity contribution in [3.05, 3.63) is 33.8 Å². The number of primary amides is 1. The summed E-state index contributed by atoms with van der Waals surface area (Å²) in [6, 6.07) is 4.66. The van der Waals surface area contributed by atoms with Gasteiger partial charge < -0.3 is 5.73 Å². The van der Waals surface area contributed by atoms with E-state index >= 15 is 0 Å². The highest BCUT2D eigenvalue weighted by atomic mass is 35.5. The maximum absolute atomic E-state index is 10.7. The molecule has 0 aliphatic carbocycles. The highest BCUT2D eigenvalue weighted by molar-refractivity contribution is 6.35. The van der Waals surface area contributed by atoms with Gasteiger partial charge >= 0.3 is 0 Å². The molecule has 0 aromatic heterocycles. The van der Waals surface area contributed by atoms with Crippen molar-refractivity contribution in [2.75, 3.05) is 0 Å². The molecule has 0 aliphatic rings. The van der Waals surface area contributed by atoms with Crippen LogP contribution in [0.1, 0.15) is 10.9 Å². The fourth-order valence-corrected chi connectivity index (χ4v) is 1.55. The second-order valence-corrected chi connectivity index (χ2v) is 3.78. The van der Waals surface area contributed by atoms with Gasteiger partial charge in [-0.3, -0.25) is 4.79 Å². The largest absolute Gasteiger partial charge is 0.368 e. The molecule has 5 heteroatoms. The first kappa shape index (κ1) is 10.6. The van der Waals surface area contributed by atoms with Crippen molar-refractivity contribution in [3.63, 3.8) is 0 Å². The molecule has 1 unspecified atom stereocenters. The number of hydrogen-bond acceptors (Lipinski definition) is 1. The van der Waals surface area contributed by atoms with Crippen LogP contribution >= 0.6 is 34.8 Å². The summed E-state index contributed by atoms with van der Waals surface area (Å²) in [6.07, 6.45) is 0. The highest BCUT2D eigenvalue weighted by Gasteiger charge is 2.14. The summed E-state index contributed by atoms with van der Waals surface area (Å²) in [4.78, 5) is 10.7. The molecule has 1 aromatic rings. The lowest BCUT2D eigenvalue weighted by Gasteiger charge is -2.06. The highest BCUT2D eigenvalue weighted by Crippen LogP contribution is 2.26. The van der Waals surface area contributed by atoms with Crippen molar-refractivity contribution < 1.29 is 4.79 Å². The van der Waals surface area contributed by atoms with Crippen LogP contribution < -0.4 is 5.73 Å². The van der Waals surface area contributed by atoms with Crippen LogP contribution in [0.5, 0.6) is 0 Å². The molecule has 0 bridgehead atoms. The minimum Gasteiger partial charge on any atom is -0.368 e. The van der Waals surface area contributed by atoms with Crippen molar-refractivity contribution in [1.82, 2.24) is 0 Å². The molecule has 0 fully saturated rings. The van der Waals surface area contributed by atoms with Crippen molar-refractivity contribution in [2.24, 2.45) is 5.73 Å². The monoisotopic (exact) mass is 237 g/mol. The summed E-state index contributed by atoms with van der Waals surface area (Å²) in [5.41, 5.74) is 5.52. The van der Waals surface area contributed by atoms with E-state index in [2.05, 4.69) is 0 Å². The molecule has 1 rings (SSSR count). The predicted molar refractivity (Wildman–Crippen MR) is 54.3 cm³/mol. The molecule has 0 heterocycles. The Hall–Kier alpha value is -0.440. The van der Waals surface area contributed by atoms with Gasteiger partial charge in [0.15, 0.2) is 0 Å². The number of carbonyl (C=O) groups is 1. The molecule has 1 aromatic carbocycles. The third-order valence-electron chi connectivity index (χ3n) is 1.43. The molecule has 0 saturated heterocycles. The Bertz CT molecular complexity index is 320. The van der Waals surface area contributed by atoms with Gasteiger partial charge in [-0.1, -0.05) is 23.2 Å². The third kappa shape index (κ3) is 2.76. The Morgan fingerprint density at radius 2 is 1.69 bits per heavy atom. The summed E-state index contributed by atoms with van der Waals surface area (Å²) < 4.78 is 0. The predicted octanol–water partition coefficient (Wildman–Crippen LogP) is 2.76. The normalized spacial score (nSPS) is 12.5. The van der Waals surface area contributed by atoms with Gasteiger partial charge in [0.05, 0.1) is 0 Å². The number of rotatable bonds is 2. The fraction of sp³-hybridized carbons (Fsp3) is 0.125. The number of hydrogen-bond donors (Lipinski definition) is 1. The molecule has 2 nitrogen and oxygen atoms in total. The van der Waals surface area contributed by atoms with Gasteiger partial charge in [0.2, 0.25) is 5.91 Å². The molecule has 0 radical (unpaired) electrons. The van der Waals surface area contributed by atoms with Crippen LogP contribution in [0.15, 0.2) is 18.2 Å². The number of amides is 1. The summed E-state index contributed by atoms with van der Waals surface area (Å²) in [5, 5.41) is -0.0417. The van der Waals surface area contributed by atoms with E-state index in [9.17, 15) is 4.79 Å². The van der Waals surface area contributed by atoms with Crippen molar-refractivity contribution in [2.45, 2.75) is 5.38 Å². The van der Waals surface area contributed by atoms with Crippen molar-refractivity contribution >= 4 is 40.7 Å². The zero-order valence-electron chi connectivity index (χ0n) is 6.43. The summed E-state index contributed by atoms with van der Waals surface area (Å²) in [7, 11) is 0. The van der Waals surface area contributed by atoms with Gasteiger partial charge in [0.25, 0.3) is 0 Å². The number of nitrogens with two attached hydrogens (primary N) is 1. The van der Waals surface area contributed by atoms with E-state index in [-0.39, 0.29) is 0 Å². The minimum atomic E-state index is -0.892. The standard InChI is InChI=1S/C8H6Cl3NO/c9-5-1-4(2-6(10)3-5)7(11)8(12)13/h1-3,7H,(H2,12,13). The Morgan fingerprint density at radius 3 is 2.08 bits per heavy atom. The van der Waals surface area contributed by atoms with Gasteiger partial charge in [-0.25, -0.2) is 0 Å². The Labute approximate surface area is 90.6 Å². The average molecular weight is 239 g/mol. The molecule has 0 saturated carbocycles. The van der Waals surface area contributed by atoms with E-state index in [0.717, 1.165) is 0 Å². The van der Waals surface area contributed by atoms with Crippen LogP contribution in [0.4, 0.5) is 0 Å². The van der Waals surface area contributed by atoms with E-state index in [4.69, 9.17) is 40.5 Å². The van der Waals surface area contributed by atoms with Crippen molar-refractivity contribution in [1.29, 1.82) is 0 Å². The lowest BCUT2D eigenvalue weighted by Crippen LogP contribution is -2.16. The second-order valence-electron chi connectivity index (χ2n) is 2.47. The van der Waals surface area contributed by atoms with Crippen LogP contribution in [0.3, 0.4) is 0 Å². The van der Waals surface area contributed by atoms with Crippen LogP contribution in [0.2, 0.25) is 10.0 Å². The van der Waals surface area contributed by atoms with Gasteiger partial charge in [0, 0.05) is 10.0 Å². The van der Waals surface area contributed by atoms with Gasteiger partial charge in [0.1, 0.15) is 5.38 Å². The fourth-order valence-electron chi connectivity index (χ4n) is 0.886. The SMILES string of the molecule is NC(=O)C(Cl)c1cc(Cl)cc(Cl)c1. The maximum atomic E-state index is 10.7. The number of alkyl halides is 1. The van der Waals surface area contributed by atoms with Crippen LogP contribution in [0.25, 0.3) is 0 Å².